The van der Waals surface area contributed by atoms with Crippen LogP contribution in [0.25, 0.3) is 11.0 Å². The number of fused-ring (bicyclic) bond motifs is 1. The van der Waals surface area contributed by atoms with E-state index in [1.165, 1.54) is 11.3 Å². The molecule has 1 saturated heterocycles. The van der Waals surface area contributed by atoms with E-state index in [1.54, 1.807) is 16.5 Å². The fourth-order valence-electron chi connectivity index (χ4n) is 4.39. The van der Waals surface area contributed by atoms with Crippen molar-refractivity contribution in [2.45, 2.75) is 45.9 Å². The number of morpholine rings is 1. The Morgan fingerprint density at radius 3 is 2.76 bits per heavy atom. The van der Waals surface area contributed by atoms with Crippen LogP contribution in [0.1, 0.15) is 47.7 Å². The predicted octanol–water partition coefficient (Wildman–Crippen LogP) is 4.16. The molecule has 3 aromatic heterocycles. The van der Waals surface area contributed by atoms with Crippen molar-refractivity contribution in [2.24, 2.45) is 0 Å². The number of rotatable bonds is 9. The minimum Gasteiger partial charge on any atom is -0.444 e. The molecular formula is C29H35N7O4S. The summed E-state index contributed by atoms with van der Waals surface area (Å²) in [6.45, 7) is 9.48. The zero-order chi connectivity index (χ0) is 28.8. The Kier molecular flexibility index (Phi) is 8.79. The molecule has 0 aliphatic carbocycles. The summed E-state index contributed by atoms with van der Waals surface area (Å²) in [7, 11) is 0. The van der Waals surface area contributed by atoms with E-state index in [0.29, 0.717) is 44.2 Å². The van der Waals surface area contributed by atoms with Crippen molar-refractivity contribution in [3.63, 3.8) is 0 Å². The molecule has 4 aromatic rings. The van der Waals surface area contributed by atoms with Crippen LogP contribution >= 0.6 is 11.3 Å². The zero-order valence-electron chi connectivity index (χ0n) is 23.6. The molecule has 0 atom stereocenters. The highest BCUT2D eigenvalue weighted by molar-refractivity contribution is 7.09. The van der Waals surface area contributed by atoms with Crippen LogP contribution in [-0.2, 0) is 29.0 Å². The van der Waals surface area contributed by atoms with Crippen LogP contribution in [0.5, 0.6) is 0 Å². The number of hydrogen-bond acceptors (Lipinski definition) is 9. The Balaban J connectivity index is 1.18. The smallest absolute Gasteiger partial charge is 0.410 e. The third kappa shape index (κ3) is 7.80. The van der Waals surface area contributed by atoms with Crippen LogP contribution < -0.4 is 10.2 Å². The number of aromatic nitrogens is 4. The molecule has 2 amide bonds. The molecule has 1 fully saturated rings. The van der Waals surface area contributed by atoms with Crippen LogP contribution in [0.4, 0.5) is 10.6 Å². The van der Waals surface area contributed by atoms with Gasteiger partial charge in [0.05, 0.1) is 35.8 Å². The third-order valence-corrected chi connectivity index (χ3v) is 7.32. The molecule has 216 valence electrons. The molecule has 1 aromatic carbocycles. The van der Waals surface area contributed by atoms with Gasteiger partial charge in [0.25, 0.3) is 5.91 Å². The first-order valence-corrected chi connectivity index (χ1v) is 14.5. The molecule has 41 heavy (non-hydrogen) atoms. The molecule has 2 N–H and O–H groups in total. The maximum atomic E-state index is 13.0. The quantitative estimate of drug-likeness (QED) is 0.304. The summed E-state index contributed by atoms with van der Waals surface area (Å²) in [5, 5.41) is 5.45. The Morgan fingerprint density at radius 1 is 1.17 bits per heavy atom. The Labute approximate surface area is 242 Å². The highest BCUT2D eigenvalue weighted by atomic mass is 32.1. The Morgan fingerprint density at radius 2 is 1.98 bits per heavy atom. The second kappa shape index (κ2) is 12.6. The van der Waals surface area contributed by atoms with Crippen LogP contribution in [-0.4, -0.2) is 75.3 Å². The summed E-state index contributed by atoms with van der Waals surface area (Å²) in [5.74, 6) is 1.31. The number of benzene rings is 1. The van der Waals surface area contributed by atoms with Crippen LogP contribution in [0.3, 0.4) is 0 Å². The first-order valence-electron chi connectivity index (χ1n) is 13.7. The summed E-state index contributed by atoms with van der Waals surface area (Å²) in [4.78, 5) is 46.5. The number of hydrogen-bond donors (Lipinski definition) is 2. The minimum absolute atomic E-state index is 0.247. The molecule has 0 unspecified atom stereocenters. The van der Waals surface area contributed by atoms with Crippen LogP contribution in [0, 0.1) is 0 Å². The number of aromatic amines is 1. The summed E-state index contributed by atoms with van der Waals surface area (Å²) in [5.41, 5.74) is 2.43. The Bertz CT molecular complexity index is 1460. The number of amides is 2. The van der Waals surface area contributed by atoms with Gasteiger partial charge in [-0.1, -0.05) is 12.1 Å². The second-order valence-corrected chi connectivity index (χ2v) is 11.7. The topological polar surface area (TPSA) is 126 Å². The molecule has 0 bridgehead atoms. The van der Waals surface area contributed by atoms with Gasteiger partial charge in [-0.25, -0.2) is 19.7 Å². The highest BCUT2D eigenvalue weighted by Crippen LogP contribution is 2.18. The van der Waals surface area contributed by atoms with Gasteiger partial charge >= 0.3 is 6.09 Å². The standard InChI is InChI=1S/C29H35N7O4S/c1-29(2,3)40-28(38)36(18-24-32-21-6-4-5-7-22(21)33-24)11-9-26-34-23(19-41-26)27(37)31-17-20-8-10-30-25(16-20)35-12-14-39-15-13-35/h4-8,10,16,19H,9,11-15,17-18H2,1-3H3,(H,31,37)(H,32,33). The summed E-state index contributed by atoms with van der Waals surface area (Å²) >= 11 is 1.40. The number of pyridine rings is 1. The molecule has 0 radical (unpaired) electrons. The molecule has 4 heterocycles. The number of H-pyrrole nitrogens is 1. The van der Waals surface area contributed by atoms with E-state index in [1.807, 2.05) is 57.2 Å². The van der Waals surface area contributed by atoms with Gasteiger partial charge in [0.1, 0.15) is 22.9 Å². The zero-order valence-corrected chi connectivity index (χ0v) is 24.4. The number of carbonyl (C=O) groups excluding carboxylic acids is 2. The van der Waals surface area contributed by atoms with Gasteiger partial charge in [0, 0.05) is 44.2 Å². The molecular weight excluding hydrogens is 542 g/mol. The number of carbonyl (C=O) groups is 2. The number of para-hydroxylation sites is 2. The molecule has 11 nitrogen and oxygen atoms in total. The molecule has 12 heteroatoms. The molecule has 1 aliphatic rings. The van der Waals surface area contributed by atoms with Crippen LogP contribution in [0.15, 0.2) is 48.0 Å². The van der Waals surface area contributed by atoms with Gasteiger partial charge in [0.15, 0.2) is 0 Å². The summed E-state index contributed by atoms with van der Waals surface area (Å²) in [6, 6.07) is 11.6. The summed E-state index contributed by atoms with van der Waals surface area (Å²) in [6.07, 6.45) is 1.81. The third-order valence-electron chi connectivity index (χ3n) is 6.41. The van der Waals surface area contributed by atoms with Crippen molar-refractivity contribution in [1.82, 2.24) is 30.2 Å². The van der Waals surface area contributed by atoms with Crippen molar-refractivity contribution in [3.8, 4) is 0 Å². The first-order chi connectivity index (χ1) is 19.7. The number of nitrogens with one attached hydrogen (secondary N) is 2. The average Bonchev–Trinajstić information content (AvgIpc) is 3.60. The minimum atomic E-state index is -0.632. The average molecular weight is 578 g/mol. The van der Waals surface area contributed by atoms with Gasteiger partial charge in [-0.15, -0.1) is 11.3 Å². The first kappa shape index (κ1) is 28.5. The van der Waals surface area contributed by atoms with Crippen molar-refractivity contribution >= 4 is 40.2 Å². The number of anilines is 1. The van der Waals surface area contributed by atoms with Gasteiger partial charge in [-0.3, -0.25) is 4.79 Å². The molecule has 1 aliphatic heterocycles. The van der Waals surface area contributed by atoms with E-state index >= 15 is 0 Å². The fourth-order valence-corrected chi connectivity index (χ4v) is 5.16. The number of thiazole rings is 1. The van der Waals surface area contributed by atoms with Gasteiger partial charge in [0.2, 0.25) is 0 Å². The SMILES string of the molecule is CC(C)(C)OC(=O)N(CCc1nc(C(=O)NCc2ccnc(N3CCOCC3)c2)cs1)Cc1nc2ccccc2[nH]1. The lowest BCUT2D eigenvalue weighted by Gasteiger charge is -2.28. The maximum Gasteiger partial charge on any atom is 0.410 e. The van der Waals surface area contributed by atoms with Crippen molar-refractivity contribution in [3.05, 3.63) is 70.1 Å². The lowest BCUT2D eigenvalue weighted by molar-refractivity contribution is 0.0231. The van der Waals surface area contributed by atoms with Gasteiger partial charge in [-0.2, -0.15) is 0 Å². The number of nitrogens with zero attached hydrogens (tertiary/aromatic N) is 5. The summed E-state index contributed by atoms with van der Waals surface area (Å²) < 4.78 is 11.1. The fraction of sp³-hybridized carbons (Fsp3) is 0.414. The lowest BCUT2D eigenvalue weighted by Crippen LogP contribution is -2.38. The lowest BCUT2D eigenvalue weighted by atomic mass is 10.2. The van der Waals surface area contributed by atoms with Gasteiger partial charge in [-0.05, 0) is 50.6 Å². The molecule has 5 rings (SSSR count). The van der Waals surface area contributed by atoms with E-state index in [4.69, 9.17) is 9.47 Å². The molecule has 0 saturated carbocycles. The largest absolute Gasteiger partial charge is 0.444 e. The van der Waals surface area contributed by atoms with E-state index in [0.717, 1.165) is 40.5 Å². The predicted molar refractivity (Wildman–Crippen MR) is 157 cm³/mol. The number of imidazole rings is 1. The van der Waals surface area contributed by atoms with E-state index < -0.39 is 11.7 Å². The second-order valence-electron chi connectivity index (χ2n) is 10.8. The Hall–Kier alpha value is -4.03. The van der Waals surface area contributed by atoms with E-state index in [-0.39, 0.29) is 12.5 Å². The van der Waals surface area contributed by atoms with E-state index in [2.05, 4.69) is 30.2 Å². The maximum absolute atomic E-state index is 13.0. The molecule has 0 spiro atoms. The normalized spacial score (nSPS) is 13.8. The van der Waals surface area contributed by atoms with Crippen molar-refractivity contribution in [1.29, 1.82) is 0 Å². The van der Waals surface area contributed by atoms with Crippen LogP contribution in [0.2, 0.25) is 0 Å². The van der Waals surface area contributed by atoms with Crippen molar-refractivity contribution in [2.75, 3.05) is 37.7 Å². The monoisotopic (exact) mass is 577 g/mol. The van der Waals surface area contributed by atoms with Crippen molar-refractivity contribution < 1.29 is 19.1 Å². The number of ether oxygens (including phenoxy) is 2. The highest BCUT2D eigenvalue weighted by Gasteiger charge is 2.24. The van der Waals surface area contributed by atoms with Gasteiger partial charge < -0.3 is 29.6 Å². The van der Waals surface area contributed by atoms with E-state index in [9.17, 15) is 9.59 Å².